The van der Waals surface area contributed by atoms with E-state index in [0.717, 1.165) is 61.7 Å². The Balaban J connectivity index is 1.52. The molecule has 0 radical (unpaired) electrons. The number of aromatic nitrogens is 5. The van der Waals surface area contributed by atoms with Gasteiger partial charge in [-0.25, -0.2) is 0 Å². The largest absolute Gasteiger partial charge is 0.354 e. The van der Waals surface area contributed by atoms with E-state index in [1.165, 1.54) is 16.7 Å². The van der Waals surface area contributed by atoms with Crippen LogP contribution in [0.1, 0.15) is 29.5 Å². The van der Waals surface area contributed by atoms with Crippen molar-refractivity contribution in [1.29, 1.82) is 0 Å². The van der Waals surface area contributed by atoms with E-state index >= 15 is 0 Å². The lowest BCUT2D eigenvalue weighted by Crippen LogP contribution is -2.34. The van der Waals surface area contributed by atoms with Crippen LogP contribution in [0.25, 0.3) is 22.2 Å². The SMILES string of the molecule is Cc1cc(C)c(-c2cn(C)c3nc(N(CCCn4cccc4)CCCn4cccc4)n(C)c(=O)c23)c(C)c1. The minimum Gasteiger partial charge on any atom is -0.354 e. The Hall–Kier alpha value is -4.00. The topological polar surface area (TPSA) is 52.9 Å². The Labute approximate surface area is 224 Å². The van der Waals surface area contributed by atoms with Crippen molar-refractivity contribution >= 4 is 17.0 Å². The predicted molar refractivity (Wildman–Crippen MR) is 156 cm³/mol. The Bertz CT molecular complexity index is 1520. The summed E-state index contributed by atoms with van der Waals surface area (Å²) in [5.74, 6) is 0.729. The highest BCUT2D eigenvalue weighted by molar-refractivity contribution is 5.95. The molecule has 5 aromatic rings. The van der Waals surface area contributed by atoms with E-state index in [1.807, 2.05) is 18.7 Å². The molecule has 0 aliphatic heterocycles. The number of rotatable bonds is 10. The Morgan fingerprint density at radius 1 is 0.816 bits per heavy atom. The number of benzene rings is 1. The van der Waals surface area contributed by atoms with Crippen LogP contribution >= 0.6 is 0 Å². The smallest absolute Gasteiger partial charge is 0.264 e. The second-order valence-electron chi connectivity index (χ2n) is 10.4. The number of hydrogen-bond donors (Lipinski definition) is 0. The molecule has 0 saturated carbocycles. The second kappa shape index (κ2) is 10.8. The summed E-state index contributed by atoms with van der Waals surface area (Å²) < 4.78 is 8.15. The first-order valence-corrected chi connectivity index (χ1v) is 13.4. The highest BCUT2D eigenvalue weighted by Crippen LogP contribution is 2.33. The van der Waals surface area contributed by atoms with Crippen molar-refractivity contribution in [3.05, 3.63) is 94.4 Å². The molecule has 38 heavy (non-hydrogen) atoms. The normalized spacial score (nSPS) is 11.5. The van der Waals surface area contributed by atoms with E-state index in [4.69, 9.17) is 4.98 Å². The molecule has 7 heteroatoms. The lowest BCUT2D eigenvalue weighted by atomic mass is 9.94. The first kappa shape index (κ1) is 25.6. The zero-order valence-corrected chi connectivity index (χ0v) is 23.2. The third-order valence-electron chi connectivity index (χ3n) is 7.42. The van der Waals surface area contributed by atoms with Gasteiger partial charge in [0.1, 0.15) is 5.65 Å². The first-order valence-electron chi connectivity index (χ1n) is 13.4. The van der Waals surface area contributed by atoms with Crippen molar-refractivity contribution in [2.45, 2.75) is 46.7 Å². The maximum absolute atomic E-state index is 13.9. The van der Waals surface area contributed by atoms with Crippen molar-refractivity contribution in [2.75, 3.05) is 18.0 Å². The van der Waals surface area contributed by atoms with Crippen LogP contribution in [0.5, 0.6) is 0 Å². The van der Waals surface area contributed by atoms with Gasteiger partial charge in [-0.2, -0.15) is 4.98 Å². The second-order valence-corrected chi connectivity index (χ2v) is 10.4. The van der Waals surface area contributed by atoms with Crippen molar-refractivity contribution in [3.63, 3.8) is 0 Å². The predicted octanol–water partition coefficient (Wildman–Crippen LogP) is 5.45. The molecule has 4 aromatic heterocycles. The standard InChI is InChI=1S/C31H38N6O/c1-23-20-24(2)27(25(3)21-23)26-22-33(4)29-28(26)30(38)34(5)31(32-29)37(18-10-16-35-12-6-7-13-35)19-11-17-36-14-8-9-15-36/h6-9,12-15,20-22H,10-11,16-19H2,1-5H3. The fourth-order valence-electron chi connectivity index (χ4n) is 5.71. The van der Waals surface area contributed by atoms with E-state index in [-0.39, 0.29) is 5.56 Å². The Morgan fingerprint density at radius 2 is 1.34 bits per heavy atom. The monoisotopic (exact) mass is 510 g/mol. The maximum atomic E-state index is 13.9. The molecule has 0 saturated heterocycles. The van der Waals surface area contributed by atoms with Gasteiger partial charge < -0.3 is 18.6 Å². The zero-order valence-electron chi connectivity index (χ0n) is 23.2. The zero-order chi connectivity index (χ0) is 26.8. The molecule has 4 heterocycles. The van der Waals surface area contributed by atoms with Crippen molar-refractivity contribution in [3.8, 4) is 11.1 Å². The third kappa shape index (κ3) is 5.05. The van der Waals surface area contributed by atoms with Gasteiger partial charge in [0, 0.05) is 76.8 Å². The molecule has 0 aliphatic rings. The molecular weight excluding hydrogens is 472 g/mol. The molecule has 0 unspecified atom stereocenters. The summed E-state index contributed by atoms with van der Waals surface area (Å²) in [4.78, 5) is 21.4. The van der Waals surface area contributed by atoms with Gasteiger partial charge in [-0.3, -0.25) is 9.36 Å². The van der Waals surface area contributed by atoms with Gasteiger partial charge in [-0.05, 0) is 74.6 Å². The molecule has 1 aromatic carbocycles. The van der Waals surface area contributed by atoms with Crippen LogP contribution in [-0.4, -0.2) is 36.3 Å². The van der Waals surface area contributed by atoms with Crippen molar-refractivity contribution < 1.29 is 0 Å². The lowest BCUT2D eigenvalue weighted by Gasteiger charge is -2.26. The molecule has 0 aliphatic carbocycles. The number of fused-ring (bicyclic) bond motifs is 1. The Kier molecular flexibility index (Phi) is 7.27. The van der Waals surface area contributed by atoms with Gasteiger partial charge in [0.2, 0.25) is 5.95 Å². The maximum Gasteiger partial charge on any atom is 0.264 e. The molecule has 0 bridgehead atoms. The summed E-state index contributed by atoms with van der Waals surface area (Å²) in [5.41, 5.74) is 6.41. The molecule has 7 nitrogen and oxygen atoms in total. The fourth-order valence-corrected chi connectivity index (χ4v) is 5.71. The average Bonchev–Trinajstić information content (AvgIpc) is 3.63. The van der Waals surface area contributed by atoms with Gasteiger partial charge in [-0.15, -0.1) is 0 Å². The van der Waals surface area contributed by atoms with E-state index < -0.39 is 0 Å². The van der Waals surface area contributed by atoms with E-state index in [0.29, 0.717) is 5.39 Å². The summed E-state index contributed by atoms with van der Waals surface area (Å²) >= 11 is 0. The van der Waals surface area contributed by atoms with E-state index in [1.54, 1.807) is 4.57 Å². The lowest BCUT2D eigenvalue weighted by molar-refractivity contribution is 0.574. The van der Waals surface area contributed by atoms with Gasteiger partial charge in [-0.1, -0.05) is 17.7 Å². The van der Waals surface area contributed by atoms with Crippen LogP contribution in [0.3, 0.4) is 0 Å². The molecule has 198 valence electrons. The summed E-state index contributed by atoms with van der Waals surface area (Å²) in [6.07, 6.45) is 12.4. The van der Waals surface area contributed by atoms with Crippen molar-refractivity contribution in [1.82, 2.24) is 23.3 Å². The van der Waals surface area contributed by atoms with Gasteiger partial charge in [0.15, 0.2) is 0 Å². The van der Waals surface area contributed by atoms with Crippen LogP contribution in [0, 0.1) is 20.8 Å². The van der Waals surface area contributed by atoms with Gasteiger partial charge in [0.25, 0.3) is 5.56 Å². The number of hydrogen-bond acceptors (Lipinski definition) is 3. The fraction of sp³-hybridized carbons (Fsp3) is 0.355. The molecule has 5 rings (SSSR count). The highest BCUT2D eigenvalue weighted by atomic mass is 16.1. The number of aryl methyl sites for hydroxylation is 6. The first-order chi connectivity index (χ1) is 18.3. The molecule has 0 amide bonds. The minimum atomic E-state index is 0.000735. The molecule has 0 spiro atoms. The van der Waals surface area contributed by atoms with Crippen molar-refractivity contribution in [2.24, 2.45) is 14.1 Å². The molecule has 0 fully saturated rings. The average molecular weight is 511 g/mol. The summed E-state index contributed by atoms with van der Waals surface area (Å²) in [5, 5.41) is 0.688. The van der Waals surface area contributed by atoms with Crippen LogP contribution in [0.4, 0.5) is 5.95 Å². The quantitative estimate of drug-likeness (QED) is 0.251. The van der Waals surface area contributed by atoms with Crippen LogP contribution in [0.15, 0.2) is 72.2 Å². The molecular formula is C31H38N6O. The minimum absolute atomic E-state index is 0.000735. The third-order valence-corrected chi connectivity index (χ3v) is 7.42. The van der Waals surface area contributed by atoms with Gasteiger partial charge >= 0.3 is 0 Å². The molecule has 0 N–H and O–H groups in total. The van der Waals surface area contributed by atoms with Crippen LogP contribution < -0.4 is 10.5 Å². The molecule has 0 atom stereocenters. The van der Waals surface area contributed by atoms with Gasteiger partial charge in [0.05, 0.1) is 5.39 Å². The van der Waals surface area contributed by atoms with Crippen LogP contribution in [0.2, 0.25) is 0 Å². The number of anilines is 1. The van der Waals surface area contributed by atoms with Crippen LogP contribution in [-0.2, 0) is 27.2 Å². The summed E-state index contributed by atoms with van der Waals surface area (Å²) in [6, 6.07) is 12.6. The summed E-state index contributed by atoms with van der Waals surface area (Å²) in [6.45, 7) is 9.86. The highest BCUT2D eigenvalue weighted by Gasteiger charge is 2.22. The number of nitrogens with zero attached hydrogens (tertiary/aromatic N) is 6. The Morgan fingerprint density at radius 3 is 1.87 bits per heavy atom. The van der Waals surface area contributed by atoms with E-state index in [9.17, 15) is 4.79 Å². The summed E-state index contributed by atoms with van der Waals surface area (Å²) in [7, 11) is 3.85. The van der Waals surface area contributed by atoms with E-state index in [2.05, 4.69) is 102 Å².